The summed E-state index contributed by atoms with van der Waals surface area (Å²) in [6.07, 6.45) is 2.03. The molecule has 0 aliphatic carbocycles. The fourth-order valence-electron chi connectivity index (χ4n) is 2.39. The number of aromatic hydroxyl groups is 1. The van der Waals surface area contributed by atoms with Crippen LogP contribution in [0, 0.1) is 0 Å². The quantitative estimate of drug-likeness (QED) is 0.748. The Bertz CT molecular complexity index is 565. The van der Waals surface area contributed by atoms with Gasteiger partial charge in [-0.05, 0) is 55.2 Å². The fraction of sp³-hybridized carbons (Fsp3) is 0.444. The lowest BCUT2D eigenvalue weighted by molar-refractivity contribution is 0.0449. The highest BCUT2D eigenvalue weighted by Crippen LogP contribution is 2.21. The number of benzene rings is 2. The van der Waals surface area contributed by atoms with Gasteiger partial charge < -0.3 is 14.6 Å². The van der Waals surface area contributed by atoms with Gasteiger partial charge in [0.25, 0.3) is 0 Å². The maximum absolute atomic E-state index is 9.47. The summed E-state index contributed by atoms with van der Waals surface area (Å²) in [5.74, 6) is 0.307. The fourth-order valence-corrected chi connectivity index (χ4v) is 2.39. The van der Waals surface area contributed by atoms with Gasteiger partial charge in [-0.2, -0.15) is 0 Å². The number of rotatable bonds is 8. The van der Waals surface area contributed by atoms with Crippen molar-refractivity contribution >= 4 is 10.8 Å². The molecule has 114 valence electrons. The van der Waals surface area contributed by atoms with Crippen LogP contribution in [0.1, 0.15) is 25.8 Å². The van der Waals surface area contributed by atoms with E-state index in [0.717, 1.165) is 43.4 Å². The van der Waals surface area contributed by atoms with Gasteiger partial charge in [0, 0.05) is 19.8 Å². The van der Waals surface area contributed by atoms with Crippen molar-refractivity contribution in [1.29, 1.82) is 0 Å². The first-order valence-electron chi connectivity index (χ1n) is 7.60. The van der Waals surface area contributed by atoms with Gasteiger partial charge in [-0.15, -0.1) is 0 Å². The molecule has 0 amide bonds. The molecule has 1 unspecified atom stereocenters. The second kappa shape index (κ2) is 8.01. The van der Waals surface area contributed by atoms with E-state index in [0.29, 0.717) is 5.75 Å². The Hall–Kier alpha value is -1.58. The molecule has 2 rings (SSSR count). The molecule has 2 aromatic carbocycles. The summed E-state index contributed by atoms with van der Waals surface area (Å²) in [7, 11) is 0. The predicted octanol–water partition coefficient (Wildman–Crippen LogP) is 3.92. The molecular weight excluding hydrogens is 264 g/mol. The van der Waals surface area contributed by atoms with Crippen LogP contribution in [0.3, 0.4) is 0 Å². The molecule has 3 nitrogen and oxygen atoms in total. The first kappa shape index (κ1) is 15.8. The van der Waals surface area contributed by atoms with Gasteiger partial charge in [0.1, 0.15) is 5.75 Å². The molecular formula is C18H24O3. The van der Waals surface area contributed by atoms with Crippen molar-refractivity contribution in [3.63, 3.8) is 0 Å². The number of hydrogen-bond donors (Lipinski definition) is 1. The first-order valence-corrected chi connectivity index (χ1v) is 7.60. The summed E-state index contributed by atoms with van der Waals surface area (Å²) < 4.78 is 11.1. The van der Waals surface area contributed by atoms with E-state index in [1.54, 1.807) is 12.1 Å². The summed E-state index contributed by atoms with van der Waals surface area (Å²) in [6.45, 7) is 6.37. The average Bonchev–Trinajstić information content (AvgIpc) is 2.47. The third-order valence-electron chi connectivity index (χ3n) is 3.45. The molecule has 0 fully saturated rings. The SMILES string of the molecule is CCOCCCOC(C)Cc1ccc2cc(O)ccc2c1. The number of phenolic OH excluding ortho intramolecular Hbond substituents is 1. The van der Waals surface area contributed by atoms with Crippen LogP contribution in [-0.2, 0) is 15.9 Å². The largest absolute Gasteiger partial charge is 0.508 e. The third-order valence-corrected chi connectivity index (χ3v) is 3.45. The van der Waals surface area contributed by atoms with E-state index in [4.69, 9.17) is 9.47 Å². The summed E-state index contributed by atoms with van der Waals surface area (Å²) >= 11 is 0. The lowest BCUT2D eigenvalue weighted by Crippen LogP contribution is -2.13. The summed E-state index contributed by atoms with van der Waals surface area (Å²) in [6, 6.07) is 11.8. The van der Waals surface area contributed by atoms with Crippen molar-refractivity contribution in [2.75, 3.05) is 19.8 Å². The van der Waals surface area contributed by atoms with E-state index in [1.165, 1.54) is 5.56 Å². The molecule has 0 spiro atoms. The maximum Gasteiger partial charge on any atom is 0.116 e. The van der Waals surface area contributed by atoms with E-state index < -0.39 is 0 Å². The lowest BCUT2D eigenvalue weighted by atomic mass is 10.0. The Morgan fingerprint density at radius 3 is 2.62 bits per heavy atom. The first-order chi connectivity index (χ1) is 10.2. The minimum atomic E-state index is 0.196. The highest BCUT2D eigenvalue weighted by molar-refractivity contribution is 5.84. The minimum absolute atomic E-state index is 0.196. The Kier molecular flexibility index (Phi) is 6.03. The molecule has 0 radical (unpaired) electrons. The molecule has 3 heteroatoms. The lowest BCUT2D eigenvalue weighted by Gasteiger charge is -2.13. The highest BCUT2D eigenvalue weighted by atomic mass is 16.5. The normalized spacial score (nSPS) is 12.7. The Morgan fingerprint density at radius 2 is 1.81 bits per heavy atom. The van der Waals surface area contributed by atoms with Gasteiger partial charge in [0.05, 0.1) is 6.10 Å². The molecule has 0 saturated carbocycles. The number of phenols is 1. The number of ether oxygens (including phenoxy) is 2. The van der Waals surface area contributed by atoms with Gasteiger partial charge >= 0.3 is 0 Å². The minimum Gasteiger partial charge on any atom is -0.508 e. The standard InChI is InChI=1S/C18H24O3/c1-3-20-9-4-10-21-14(2)11-15-5-6-17-13-18(19)8-7-16(17)12-15/h5-8,12-14,19H,3-4,9-11H2,1-2H3. The second-order valence-electron chi connectivity index (χ2n) is 5.30. The van der Waals surface area contributed by atoms with Crippen LogP contribution in [-0.4, -0.2) is 31.0 Å². The zero-order valence-corrected chi connectivity index (χ0v) is 12.8. The Balaban J connectivity index is 1.86. The predicted molar refractivity (Wildman–Crippen MR) is 85.8 cm³/mol. The van der Waals surface area contributed by atoms with E-state index in [1.807, 2.05) is 19.1 Å². The molecule has 1 atom stereocenters. The van der Waals surface area contributed by atoms with Crippen molar-refractivity contribution in [3.05, 3.63) is 42.0 Å². The van der Waals surface area contributed by atoms with Crippen LogP contribution in [0.15, 0.2) is 36.4 Å². The summed E-state index contributed by atoms with van der Waals surface area (Å²) in [4.78, 5) is 0. The molecule has 0 heterocycles. The van der Waals surface area contributed by atoms with Crippen LogP contribution >= 0.6 is 0 Å². The number of hydrogen-bond acceptors (Lipinski definition) is 3. The van der Waals surface area contributed by atoms with Crippen LogP contribution in [0.25, 0.3) is 10.8 Å². The van der Waals surface area contributed by atoms with Crippen LogP contribution < -0.4 is 0 Å². The van der Waals surface area contributed by atoms with Gasteiger partial charge in [-0.1, -0.05) is 24.3 Å². The molecule has 0 aromatic heterocycles. The van der Waals surface area contributed by atoms with Crippen molar-refractivity contribution in [3.8, 4) is 5.75 Å². The zero-order chi connectivity index (χ0) is 15.1. The van der Waals surface area contributed by atoms with Gasteiger partial charge in [-0.3, -0.25) is 0 Å². The van der Waals surface area contributed by atoms with E-state index in [9.17, 15) is 5.11 Å². The maximum atomic E-state index is 9.47. The van der Waals surface area contributed by atoms with Gasteiger partial charge in [0.2, 0.25) is 0 Å². The van der Waals surface area contributed by atoms with E-state index in [2.05, 4.69) is 19.1 Å². The molecule has 0 bridgehead atoms. The van der Waals surface area contributed by atoms with Crippen molar-refractivity contribution in [2.24, 2.45) is 0 Å². The van der Waals surface area contributed by atoms with E-state index >= 15 is 0 Å². The van der Waals surface area contributed by atoms with Crippen molar-refractivity contribution < 1.29 is 14.6 Å². The third kappa shape index (κ3) is 5.03. The molecule has 1 N–H and O–H groups in total. The molecule has 0 saturated heterocycles. The second-order valence-corrected chi connectivity index (χ2v) is 5.30. The number of fused-ring (bicyclic) bond motifs is 1. The monoisotopic (exact) mass is 288 g/mol. The molecule has 21 heavy (non-hydrogen) atoms. The molecule has 0 aliphatic heterocycles. The average molecular weight is 288 g/mol. The smallest absolute Gasteiger partial charge is 0.116 e. The van der Waals surface area contributed by atoms with Crippen molar-refractivity contribution in [1.82, 2.24) is 0 Å². The molecule has 0 aliphatic rings. The Labute approximate surface area is 126 Å². The zero-order valence-electron chi connectivity index (χ0n) is 12.8. The topological polar surface area (TPSA) is 38.7 Å². The van der Waals surface area contributed by atoms with Gasteiger partial charge in [0.15, 0.2) is 0 Å². The van der Waals surface area contributed by atoms with Gasteiger partial charge in [-0.25, -0.2) is 0 Å². The summed E-state index contributed by atoms with van der Waals surface area (Å²) in [5.41, 5.74) is 1.26. The van der Waals surface area contributed by atoms with E-state index in [-0.39, 0.29) is 6.10 Å². The van der Waals surface area contributed by atoms with Crippen LogP contribution in [0.4, 0.5) is 0 Å². The summed E-state index contributed by atoms with van der Waals surface area (Å²) in [5, 5.41) is 11.7. The molecule has 2 aromatic rings. The van der Waals surface area contributed by atoms with Crippen LogP contribution in [0.2, 0.25) is 0 Å². The Morgan fingerprint density at radius 1 is 1.05 bits per heavy atom. The van der Waals surface area contributed by atoms with Crippen LogP contribution in [0.5, 0.6) is 5.75 Å². The highest BCUT2D eigenvalue weighted by Gasteiger charge is 2.05. The van der Waals surface area contributed by atoms with Crippen molar-refractivity contribution in [2.45, 2.75) is 32.8 Å².